The summed E-state index contributed by atoms with van der Waals surface area (Å²) in [6, 6.07) is 0. The van der Waals surface area contributed by atoms with Crippen LogP contribution in [0.3, 0.4) is 0 Å². The standard InChI is InChI=1S/C21H40O4/c1-4-8-16(2)15-17(3)19(23)10-7-9-18(22)12-13-20(24)21-11-5-6-14-25-21/h7,10,16-24H,4-6,8-9,11-15H2,1-3H3/b10-7-. The van der Waals surface area contributed by atoms with Crippen LogP contribution in [-0.2, 0) is 4.74 Å². The molecule has 1 aliphatic heterocycles. The van der Waals surface area contributed by atoms with Crippen LogP contribution in [0.15, 0.2) is 12.2 Å². The minimum absolute atomic E-state index is 0.0655. The number of aliphatic hydroxyl groups is 3. The van der Waals surface area contributed by atoms with E-state index < -0.39 is 18.3 Å². The summed E-state index contributed by atoms with van der Waals surface area (Å²) in [6.45, 7) is 7.25. The summed E-state index contributed by atoms with van der Waals surface area (Å²) < 4.78 is 5.58. The van der Waals surface area contributed by atoms with Crippen molar-refractivity contribution in [2.75, 3.05) is 6.61 Å². The van der Waals surface area contributed by atoms with Crippen LogP contribution in [0.4, 0.5) is 0 Å². The highest BCUT2D eigenvalue weighted by atomic mass is 16.5. The van der Waals surface area contributed by atoms with E-state index in [-0.39, 0.29) is 12.0 Å². The number of rotatable bonds is 12. The Morgan fingerprint density at radius 2 is 1.84 bits per heavy atom. The third kappa shape index (κ3) is 9.74. The minimum atomic E-state index is -0.482. The van der Waals surface area contributed by atoms with Crippen LogP contribution in [0.25, 0.3) is 0 Å². The molecule has 6 atom stereocenters. The van der Waals surface area contributed by atoms with Gasteiger partial charge in [0.05, 0.1) is 24.4 Å². The van der Waals surface area contributed by atoms with E-state index in [9.17, 15) is 15.3 Å². The van der Waals surface area contributed by atoms with Crippen molar-refractivity contribution < 1.29 is 20.1 Å². The molecule has 3 N–H and O–H groups in total. The second-order valence-corrected chi connectivity index (χ2v) is 7.96. The quantitative estimate of drug-likeness (QED) is 0.465. The molecular formula is C21H40O4. The highest BCUT2D eigenvalue weighted by Crippen LogP contribution is 2.21. The van der Waals surface area contributed by atoms with Crippen LogP contribution in [0.2, 0.25) is 0 Å². The molecule has 4 nitrogen and oxygen atoms in total. The van der Waals surface area contributed by atoms with Gasteiger partial charge in [-0.05, 0) is 56.8 Å². The van der Waals surface area contributed by atoms with Crippen LogP contribution < -0.4 is 0 Å². The zero-order chi connectivity index (χ0) is 18.7. The lowest BCUT2D eigenvalue weighted by atomic mass is 9.90. The lowest BCUT2D eigenvalue weighted by Gasteiger charge is -2.27. The molecule has 0 saturated carbocycles. The number of hydrogen-bond donors (Lipinski definition) is 3. The Balaban J connectivity index is 2.20. The number of hydrogen-bond acceptors (Lipinski definition) is 4. The molecule has 0 aromatic heterocycles. The molecule has 0 radical (unpaired) electrons. The Hall–Kier alpha value is -0.420. The van der Waals surface area contributed by atoms with Crippen molar-refractivity contribution in [1.82, 2.24) is 0 Å². The van der Waals surface area contributed by atoms with Crippen LogP contribution in [0.5, 0.6) is 0 Å². The first-order valence-corrected chi connectivity index (χ1v) is 10.3. The van der Waals surface area contributed by atoms with Gasteiger partial charge in [0.2, 0.25) is 0 Å². The van der Waals surface area contributed by atoms with Gasteiger partial charge in [0.15, 0.2) is 0 Å². The molecule has 0 aromatic rings. The average molecular weight is 357 g/mol. The third-order valence-corrected chi connectivity index (χ3v) is 5.32. The van der Waals surface area contributed by atoms with Crippen LogP contribution >= 0.6 is 0 Å². The van der Waals surface area contributed by atoms with Crippen molar-refractivity contribution in [3.63, 3.8) is 0 Å². The summed E-state index contributed by atoms with van der Waals surface area (Å²) in [5.74, 6) is 0.873. The fraction of sp³-hybridized carbons (Fsp3) is 0.905. The zero-order valence-electron chi connectivity index (χ0n) is 16.4. The summed E-state index contributed by atoms with van der Waals surface area (Å²) in [5, 5.41) is 30.4. The maximum Gasteiger partial charge on any atom is 0.0833 e. The van der Waals surface area contributed by atoms with Crippen molar-refractivity contribution in [1.29, 1.82) is 0 Å². The molecule has 1 fully saturated rings. The fourth-order valence-corrected chi connectivity index (χ4v) is 3.69. The van der Waals surface area contributed by atoms with Gasteiger partial charge in [0, 0.05) is 6.61 Å². The minimum Gasteiger partial charge on any atom is -0.393 e. The predicted molar refractivity (Wildman–Crippen MR) is 102 cm³/mol. The Morgan fingerprint density at radius 3 is 2.48 bits per heavy atom. The molecule has 0 spiro atoms. The van der Waals surface area contributed by atoms with Gasteiger partial charge in [-0.1, -0.05) is 45.8 Å². The van der Waals surface area contributed by atoms with E-state index in [0.29, 0.717) is 25.2 Å². The fourth-order valence-electron chi connectivity index (χ4n) is 3.69. The van der Waals surface area contributed by atoms with E-state index in [4.69, 9.17) is 4.74 Å². The first-order chi connectivity index (χ1) is 11.9. The Morgan fingerprint density at radius 1 is 1.08 bits per heavy atom. The smallest absolute Gasteiger partial charge is 0.0833 e. The van der Waals surface area contributed by atoms with Gasteiger partial charge >= 0.3 is 0 Å². The first-order valence-electron chi connectivity index (χ1n) is 10.3. The maximum absolute atomic E-state index is 10.2. The largest absolute Gasteiger partial charge is 0.393 e. The third-order valence-electron chi connectivity index (χ3n) is 5.32. The molecule has 1 aliphatic rings. The van der Waals surface area contributed by atoms with Crippen LogP contribution in [0.1, 0.15) is 78.6 Å². The summed E-state index contributed by atoms with van der Waals surface area (Å²) in [6.07, 6.45) is 10.4. The average Bonchev–Trinajstić information content (AvgIpc) is 2.60. The number of aliphatic hydroxyl groups excluding tert-OH is 3. The SMILES string of the molecule is CCCC(C)CC(C)C(O)/C=C\CC(O)CCC(O)C1CCCCO1. The second kappa shape index (κ2) is 12.9. The molecule has 148 valence electrons. The van der Waals surface area contributed by atoms with E-state index in [1.807, 2.05) is 12.2 Å². The van der Waals surface area contributed by atoms with Crippen LogP contribution in [-0.4, -0.2) is 46.3 Å². The van der Waals surface area contributed by atoms with Gasteiger partial charge in [-0.15, -0.1) is 0 Å². The van der Waals surface area contributed by atoms with Gasteiger partial charge < -0.3 is 20.1 Å². The summed E-state index contributed by atoms with van der Waals surface area (Å²) in [7, 11) is 0. The number of ether oxygens (including phenoxy) is 1. The van der Waals surface area contributed by atoms with Crippen molar-refractivity contribution in [2.24, 2.45) is 11.8 Å². The van der Waals surface area contributed by atoms with Gasteiger partial charge in [-0.25, -0.2) is 0 Å². The van der Waals surface area contributed by atoms with Gasteiger partial charge in [-0.3, -0.25) is 0 Å². The molecule has 1 heterocycles. The van der Waals surface area contributed by atoms with Crippen molar-refractivity contribution in [2.45, 2.75) is 103 Å². The molecule has 0 aromatic carbocycles. The second-order valence-electron chi connectivity index (χ2n) is 7.96. The van der Waals surface area contributed by atoms with E-state index in [2.05, 4.69) is 20.8 Å². The predicted octanol–water partition coefficient (Wildman–Crippen LogP) is 3.83. The van der Waals surface area contributed by atoms with E-state index in [0.717, 1.165) is 32.3 Å². The summed E-state index contributed by atoms with van der Waals surface area (Å²) >= 11 is 0. The monoisotopic (exact) mass is 356 g/mol. The van der Waals surface area contributed by atoms with Crippen molar-refractivity contribution >= 4 is 0 Å². The molecule has 0 amide bonds. The lowest BCUT2D eigenvalue weighted by molar-refractivity contribution is -0.0674. The highest BCUT2D eigenvalue weighted by molar-refractivity contribution is 4.92. The Bertz CT molecular complexity index is 352. The Labute approximate surface area is 154 Å². The van der Waals surface area contributed by atoms with Gasteiger partial charge in [0.25, 0.3) is 0 Å². The Kier molecular flexibility index (Phi) is 11.6. The van der Waals surface area contributed by atoms with E-state index >= 15 is 0 Å². The molecule has 4 heteroatoms. The van der Waals surface area contributed by atoms with E-state index in [1.165, 1.54) is 12.8 Å². The molecule has 25 heavy (non-hydrogen) atoms. The molecular weight excluding hydrogens is 316 g/mol. The highest BCUT2D eigenvalue weighted by Gasteiger charge is 2.23. The lowest BCUT2D eigenvalue weighted by Crippen LogP contribution is -2.32. The topological polar surface area (TPSA) is 69.9 Å². The molecule has 1 saturated heterocycles. The normalized spacial score (nSPS) is 24.8. The van der Waals surface area contributed by atoms with Crippen molar-refractivity contribution in [3.05, 3.63) is 12.2 Å². The van der Waals surface area contributed by atoms with Gasteiger partial charge in [-0.2, -0.15) is 0 Å². The molecule has 0 bridgehead atoms. The molecule has 1 rings (SSSR count). The van der Waals surface area contributed by atoms with Gasteiger partial charge in [0.1, 0.15) is 0 Å². The molecule has 6 unspecified atom stereocenters. The summed E-state index contributed by atoms with van der Waals surface area (Å²) in [4.78, 5) is 0. The zero-order valence-corrected chi connectivity index (χ0v) is 16.4. The van der Waals surface area contributed by atoms with Crippen molar-refractivity contribution in [3.8, 4) is 0 Å². The van der Waals surface area contributed by atoms with Crippen LogP contribution in [0, 0.1) is 11.8 Å². The maximum atomic E-state index is 10.2. The first kappa shape index (κ1) is 22.6. The van der Waals surface area contributed by atoms with E-state index in [1.54, 1.807) is 0 Å². The summed E-state index contributed by atoms with van der Waals surface area (Å²) in [5.41, 5.74) is 0. The molecule has 0 aliphatic carbocycles.